The lowest BCUT2D eigenvalue weighted by atomic mass is 10.1. The van der Waals surface area contributed by atoms with Crippen molar-refractivity contribution < 1.29 is 15.0 Å². The lowest BCUT2D eigenvalue weighted by Gasteiger charge is -2.20. The molecule has 100 valence electrons. The lowest BCUT2D eigenvalue weighted by molar-refractivity contribution is 0.180. The third kappa shape index (κ3) is 4.63. The summed E-state index contributed by atoms with van der Waals surface area (Å²) in [6, 6.07) is 6.79. The zero-order chi connectivity index (χ0) is 13.4. The maximum Gasteiger partial charge on any atom is 0.317 e. The minimum Gasteiger partial charge on any atom is -0.508 e. The van der Waals surface area contributed by atoms with Crippen LogP contribution in [-0.4, -0.2) is 47.4 Å². The van der Waals surface area contributed by atoms with Gasteiger partial charge in [0.2, 0.25) is 0 Å². The van der Waals surface area contributed by atoms with Crippen LogP contribution >= 0.6 is 0 Å². The van der Waals surface area contributed by atoms with Crippen LogP contribution in [0.25, 0.3) is 0 Å². The number of hydrogen-bond acceptors (Lipinski definition) is 3. The predicted octanol–water partition coefficient (Wildman–Crippen LogP) is 0.958. The van der Waals surface area contributed by atoms with E-state index in [1.807, 2.05) is 13.0 Å². The van der Waals surface area contributed by atoms with E-state index in [-0.39, 0.29) is 18.4 Å². The van der Waals surface area contributed by atoms with Gasteiger partial charge in [0.15, 0.2) is 0 Å². The Kier molecular flexibility index (Phi) is 6.00. The second kappa shape index (κ2) is 7.55. The molecule has 0 saturated carbocycles. The van der Waals surface area contributed by atoms with Crippen molar-refractivity contribution >= 4 is 6.03 Å². The summed E-state index contributed by atoms with van der Waals surface area (Å²) in [5, 5.41) is 20.9. The Bertz CT molecular complexity index is 382. The maximum atomic E-state index is 11.7. The number of nitrogens with zero attached hydrogens (tertiary/aromatic N) is 1. The molecule has 0 aliphatic carbocycles. The van der Waals surface area contributed by atoms with Gasteiger partial charge in [-0.3, -0.25) is 0 Å². The minimum absolute atomic E-state index is 0.0339. The molecule has 2 amide bonds. The van der Waals surface area contributed by atoms with Gasteiger partial charge in [-0.25, -0.2) is 4.79 Å². The minimum atomic E-state index is -0.174. The number of aromatic hydroxyl groups is 1. The van der Waals surface area contributed by atoms with Gasteiger partial charge in [0.05, 0.1) is 6.61 Å². The van der Waals surface area contributed by atoms with Crippen LogP contribution < -0.4 is 5.32 Å². The van der Waals surface area contributed by atoms with E-state index in [1.165, 1.54) is 0 Å². The second-order valence-corrected chi connectivity index (χ2v) is 3.96. The Labute approximate surface area is 107 Å². The molecule has 0 unspecified atom stereocenters. The number of phenolic OH excluding ortho intramolecular Hbond substituents is 1. The average molecular weight is 252 g/mol. The summed E-state index contributed by atoms with van der Waals surface area (Å²) >= 11 is 0. The third-order valence-electron chi connectivity index (χ3n) is 2.64. The first-order valence-electron chi connectivity index (χ1n) is 6.09. The summed E-state index contributed by atoms with van der Waals surface area (Å²) in [5.41, 5.74) is 0.973. The van der Waals surface area contributed by atoms with E-state index in [4.69, 9.17) is 5.11 Å². The van der Waals surface area contributed by atoms with Crippen molar-refractivity contribution in [2.45, 2.75) is 13.3 Å². The number of rotatable bonds is 6. The molecular weight excluding hydrogens is 232 g/mol. The fourth-order valence-electron chi connectivity index (χ4n) is 1.66. The van der Waals surface area contributed by atoms with Crippen molar-refractivity contribution in [3.05, 3.63) is 29.8 Å². The van der Waals surface area contributed by atoms with Gasteiger partial charge in [-0.05, 0) is 31.0 Å². The molecule has 1 aromatic carbocycles. The molecule has 5 heteroatoms. The average Bonchev–Trinajstić information content (AvgIpc) is 2.36. The van der Waals surface area contributed by atoms with Crippen LogP contribution in [-0.2, 0) is 6.42 Å². The molecule has 1 rings (SSSR count). The van der Waals surface area contributed by atoms with Gasteiger partial charge >= 0.3 is 6.03 Å². The van der Waals surface area contributed by atoms with Crippen LogP contribution in [0.3, 0.4) is 0 Å². The SMILES string of the molecule is CCN(CCO)C(=O)NCCc1cccc(O)c1. The molecule has 0 saturated heterocycles. The fraction of sp³-hybridized carbons (Fsp3) is 0.462. The number of phenols is 1. The molecule has 0 heterocycles. The summed E-state index contributed by atoms with van der Waals surface area (Å²) < 4.78 is 0. The number of aliphatic hydroxyl groups is 1. The van der Waals surface area contributed by atoms with Crippen LogP contribution in [0.15, 0.2) is 24.3 Å². The highest BCUT2D eigenvalue weighted by molar-refractivity contribution is 5.74. The number of likely N-dealkylation sites (N-methyl/N-ethyl adjacent to an activating group) is 1. The first kappa shape index (κ1) is 14.3. The van der Waals surface area contributed by atoms with Gasteiger partial charge in [-0.2, -0.15) is 0 Å². The van der Waals surface area contributed by atoms with Crippen molar-refractivity contribution in [2.75, 3.05) is 26.2 Å². The normalized spacial score (nSPS) is 10.1. The summed E-state index contributed by atoms with van der Waals surface area (Å²) in [6.45, 7) is 3.25. The first-order valence-corrected chi connectivity index (χ1v) is 6.09. The van der Waals surface area contributed by atoms with Gasteiger partial charge < -0.3 is 20.4 Å². The highest BCUT2D eigenvalue weighted by Crippen LogP contribution is 2.10. The van der Waals surface area contributed by atoms with Crippen molar-refractivity contribution in [3.63, 3.8) is 0 Å². The highest BCUT2D eigenvalue weighted by atomic mass is 16.3. The smallest absolute Gasteiger partial charge is 0.317 e. The van der Waals surface area contributed by atoms with Gasteiger partial charge in [0.25, 0.3) is 0 Å². The molecule has 1 aromatic rings. The molecule has 0 aliphatic heterocycles. The monoisotopic (exact) mass is 252 g/mol. The third-order valence-corrected chi connectivity index (χ3v) is 2.64. The van der Waals surface area contributed by atoms with E-state index < -0.39 is 0 Å². The molecule has 18 heavy (non-hydrogen) atoms. The van der Waals surface area contributed by atoms with Crippen LogP contribution in [0.5, 0.6) is 5.75 Å². The van der Waals surface area contributed by atoms with Crippen molar-refractivity contribution in [1.82, 2.24) is 10.2 Å². The fourth-order valence-corrected chi connectivity index (χ4v) is 1.66. The zero-order valence-electron chi connectivity index (χ0n) is 10.6. The number of carbonyl (C=O) groups is 1. The second-order valence-electron chi connectivity index (χ2n) is 3.96. The van der Waals surface area contributed by atoms with E-state index in [1.54, 1.807) is 23.1 Å². The van der Waals surface area contributed by atoms with E-state index in [9.17, 15) is 9.90 Å². The summed E-state index contributed by atoms with van der Waals surface area (Å²) in [4.78, 5) is 13.2. The van der Waals surface area contributed by atoms with E-state index in [0.29, 0.717) is 26.1 Å². The largest absolute Gasteiger partial charge is 0.508 e. The number of urea groups is 1. The van der Waals surface area contributed by atoms with Crippen molar-refractivity contribution in [1.29, 1.82) is 0 Å². The Morgan fingerprint density at radius 2 is 2.22 bits per heavy atom. The summed E-state index contributed by atoms with van der Waals surface area (Å²) in [6.07, 6.45) is 0.664. The molecule has 0 radical (unpaired) electrons. The first-order chi connectivity index (χ1) is 8.67. The van der Waals surface area contributed by atoms with Crippen molar-refractivity contribution in [3.8, 4) is 5.75 Å². The molecule has 0 aliphatic rings. The number of hydrogen-bond donors (Lipinski definition) is 3. The molecule has 0 atom stereocenters. The van der Waals surface area contributed by atoms with Crippen molar-refractivity contribution in [2.24, 2.45) is 0 Å². The standard InChI is InChI=1S/C13H20N2O3/c1-2-15(8-9-16)13(18)14-7-6-11-4-3-5-12(17)10-11/h3-5,10,16-17H,2,6-9H2,1H3,(H,14,18). The molecule has 0 bridgehead atoms. The van der Waals surface area contributed by atoms with Gasteiger partial charge in [-0.15, -0.1) is 0 Å². The van der Waals surface area contributed by atoms with E-state index >= 15 is 0 Å². The Morgan fingerprint density at radius 1 is 1.44 bits per heavy atom. The zero-order valence-corrected chi connectivity index (χ0v) is 10.6. The molecule has 0 spiro atoms. The summed E-state index contributed by atoms with van der Waals surface area (Å²) in [5.74, 6) is 0.231. The number of benzene rings is 1. The number of amides is 2. The lowest BCUT2D eigenvalue weighted by Crippen LogP contribution is -2.42. The van der Waals surface area contributed by atoms with Gasteiger partial charge in [-0.1, -0.05) is 12.1 Å². The van der Waals surface area contributed by atoms with Gasteiger partial charge in [0.1, 0.15) is 5.75 Å². The van der Waals surface area contributed by atoms with Crippen LogP contribution in [0.2, 0.25) is 0 Å². The Morgan fingerprint density at radius 3 is 2.83 bits per heavy atom. The highest BCUT2D eigenvalue weighted by Gasteiger charge is 2.09. The molecular formula is C13H20N2O3. The summed E-state index contributed by atoms with van der Waals surface area (Å²) in [7, 11) is 0. The molecule has 0 fully saturated rings. The van der Waals surface area contributed by atoms with Crippen LogP contribution in [0.1, 0.15) is 12.5 Å². The Hall–Kier alpha value is -1.75. The Balaban J connectivity index is 2.35. The maximum absolute atomic E-state index is 11.7. The van der Waals surface area contributed by atoms with Gasteiger partial charge in [0, 0.05) is 19.6 Å². The number of carbonyl (C=O) groups excluding carboxylic acids is 1. The topological polar surface area (TPSA) is 72.8 Å². The number of nitrogens with one attached hydrogen (secondary N) is 1. The quantitative estimate of drug-likeness (QED) is 0.706. The predicted molar refractivity (Wildman–Crippen MR) is 69.5 cm³/mol. The van der Waals surface area contributed by atoms with E-state index in [2.05, 4.69) is 5.32 Å². The number of aliphatic hydroxyl groups excluding tert-OH is 1. The van der Waals surface area contributed by atoms with Crippen LogP contribution in [0, 0.1) is 0 Å². The van der Waals surface area contributed by atoms with E-state index in [0.717, 1.165) is 5.56 Å². The van der Waals surface area contributed by atoms with Crippen LogP contribution in [0.4, 0.5) is 4.79 Å². The molecule has 0 aromatic heterocycles. The molecule has 3 N–H and O–H groups in total. The molecule has 5 nitrogen and oxygen atoms in total.